The van der Waals surface area contributed by atoms with Crippen molar-refractivity contribution >= 4 is 17.4 Å². The number of benzene rings is 1. The van der Waals surface area contributed by atoms with Crippen molar-refractivity contribution in [1.29, 1.82) is 0 Å². The highest BCUT2D eigenvalue weighted by Crippen LogP contribution is 2.31. The second-order valence-corrected chi connectivity index (χ2v) is 4.14. The molecule has 0 saturated heterocycles. The third kappa shape index (κ3) is 4.48. The van der Waals surface area contributed by atoms with Crippen LogP contribution in [0.15, 0.2) is 29.2 Å². The molecule has 15 heavy (non-hydrogen) atoms. The van der Waals surface area contributed by atoms with Crippen molar-refractivity contribution in [2.45, 2.75) is 23.7 Å². The highest BCUT2D eigenvalue weighted by atomic mass is 32.2. The van der Waals surface area contributed by atoms with Crippen molar-refractivity contribution in [1.82, 2.24) is 0 Å². The van der Waals surface area contributed by atoms with Gasteiger partial charge in [-0.25, -0.2) is 0 Å². The molecule has 0 aliphatic carbocycles. The fraction of sp³-hybridized carbons (Fsp3) is 0.400. The Morgan fingerprint density at radius 2 is 2.07 bits per heavy atom. The fourth-order valence-corrected chi connectivity index (χ4v) is 1.69. The van der Waals surface area contributed by atoms with Gasteiger partial charge in [-0.1, -0.05) is 23.9 Å². The number of thioether (sulfide) groups is 1. The average Bonchev–Trinajstić information content (AvgIpc) is 2.15. The number of alkyl halides is 2. The Morgan fingerprint density at radius 1 is 1.40 bits per heavy atom. The van der Waals surface area contributed by atoms with E-state index in [1.54, 1.807) is 31.2 Å². The molecule has 0 fully saturated rings. The van der Waals surface area contributed by atoms with Gasteiger partial charge in [0.2, 0.25) is 0 Å². The molecule has 0 aliphatic heterocycles. The maximum Gasteiger partial charge on any atom is 0.288 e. The van der Waals surface area contributed by atoms with E-state index in [-0.39, 0.29) is 0 Å². The number of hydrogen-bond acceptors (Lipinski definition) is 3. The maximum atomic E-state index is 12.2. The van der Waals surface area contributed by atoms with Crippen molar-refractivity contribution in [3.63, 3.8) is 0 Å². The van der Waals surface area contributed by atoms with Gasteiger partial charge in [-0.3, -0.25) is 0 Å². The molecule has 0 spiro atoms. The Morgan fingerprint density at radius 3 is 2.67 bits per heavy atom. The van der Waals surface area contributed by atoms with Crippen LogP contribution in [0.2, 0.25) is 0 Å². The molecule has 5 heteroatoms. The Balaban J connectivity index is 2.68. The van der Waals surface area contributed by atoms with E-state index in [0.29, 0.717) is 28.9 Å². The summed E-state index contributed by atoms with van der Waals surface area (Å²) in [6.45, 7) is 1.98. The smallest absolute Gasteiger partial charge is 0.288 e. The van der Waals surface area contributed by atoms with E-state index in [9.17, 15) is 8.78 Å². The number of rotatable bonds is 5. The molecule has 0 heterocycles. The lowest BCUT2D eigenvalue weighted by Crippen LogP contribution is -2.15. The number of hydrogen-bond donors (Lipinski definition) is 2. The molecule has 1 aromatic rings. The Bertz CT molecular complexity index is 307. The van der Waals surface area contributed by atoms with Crippen LogP contribution in [0.3, 0.4) is 0 Å². The van der Waals surface area contributed by atoms with Gasteiger partial charge in [0, 0.05) is 17.1 Å². The van der Waals surface area contributed by atoms with Gasteiger partial charge in [-0.15, -0.1) is 0 Å². The molecule has 1 atom stereocenters. The van der Waals surface area contributed by atoms with Gasteiger partial charge < -0.3 is 10.4 Å². The molecule has 0 saturated carbocycles. The van der Waals surface area contributed by atoms with Gasteiger partial charge in [0.25, 0.3) is 5.76 Å². The lowest BCUT2D eigenvalue weighted by atomic mass is 10.3. The van der Waals surface area contributed by atoms with E-state index in [1.165, 1.54) is 0 Å². The molecule has 0 aliphatic rings. The first kappa shape index (κ1) is 12.3. The fourth-order valence-electron chi connectivity index (χ4n) is 1.07. The number of nitrogens with one attached hydrogen (secondary N) is 1. The quantitative estimate of drug-likeness (QED) is 0.767. The topological polar surface area (TPSA) is 32.3 Å². The van der Waals surface area contributed by atoms with E-state index in [4.69, 9.17) is 5.11 Å². The van der Waals surface area contributed by atoms with Crippen molar-refractivity contribution in [3.8, 4) is 0 Å². The highest BCUT2D eigenvalue weighted by Gasteiger charge is 2.09. The van der Waals surface area contributed by atoms with Gasteiger partial charge >= 0.3 is 0 Å². The molecule has 0 bridgehead atoms. The molecule has 1 rings (SSSR count). The summed E-state index contributed by atoms with van der Waals surface area (Å²) in [7, 11) is 0. The van der Waals surface area contributed by atoms with Crippen molar-refractivity contribution < 1.29 is 13.9 Å². The summed E-state index contributed by atoms with van der Waals surface area (Å²) in [5, 5.41) is 12.0. The van der Waals surface area contributed by atoms with E-state index >= 15 is 0 Å². The average molecular weight is 233 g/mol. The lowest BCUT2D eigenvalue weighted by Gasteiger charge is -2.12. The van der Waals surface area contributed by atoms with Crippen LogP contribution in [-0.4, -0.2) is 23.5 Å². The second-order valence-electron chi connectivity index (χ2n) is 3.10. The number of para-hydroxylation sites is 1. The first-order valence-corrected chi connectivity index (χ1v) is 5.43. The van der Waals surface area contributed by atoms with Gasteiger partial charge in [0.1, 0.15) is 0 Å². The summed E-state index contributed by atoms with van der Waals surface area (Å²) in [4.78, 5) is 0.494. The zero-order chi connectivity index (χ0) is 11.3. The Kier molecular flexibility index (Phi) is 4.84. The number of anilines is 1. The summed E-state index contributed by atoms with van der Waals surface area (Å²) in [6.07, 6.45) is -0.505. The first-order chi connectivity index (χ1) is 7.09. The monoisotopic (exact) mass is 233 g/mol. The van der Waals surface area contributed by atoms with Gasteiger partial charge in [0.05, 0.1) is 6.10 Å². The van der Waals surface area contributed by atoms with Crippen molar-refractivity contribution in [2.24, 2.45) is 0 Å². The molecule has 1 aromatic carbocycles. The number of aliphatic hydroxyl groups excluding tert-OH is 1. The van der Waals surface area contributed by atoms with Crippen LogP contribution >= 0.6 is 11.8 Å². The van der Waals surface area contributed by atoms with Crippen LogP contribution < -0.4 is 5.32 Å². The highest BCUT2D eigenvalue weighted by molar-refractivity contribution is 7.99. The minimum Gasteiger partial charge on any atom is -0.392 e. The van der Waals surface area contributed by atoms with E-state index < -0.39 is 11.9 Å². The van der Waals surface area contributed by atoms with Gasteiger partial charge in [0.15, 0.2) is 0 Å². The lowest BCUT2D eigenvalue weighted by molar-refractivity contribution is 0.208. The number of aliphatic hydroxyl groups is 1. The van der Waals surface area contributed by atoms with Gasteiger partial charge in [-0.05, 0) is 19.1 Å². The third-order valence-electron chi connectivity index (χ3n) is 1.69. The molecule has 0 unspecified atom stereocenters. The second kappa shape index (κ2) is 5.92. The molecule has 0 amide bonds. The molecular formula is C10H13F2NOS. The molecule has 0 radical (unpaired) electrons. The normalized spacial score (nSPS) is 12.9. The predicted octanol–water partition coefficient (Wildman–Crippen LogP) is 2.79. The summed E-state index contributed by atoms with van der Waals surface area (Å²) in [5.74, 6) is -2.43. The summed E-state index contributed by atoms with van der Waals surface area (Å²) in [6, 6.07) is 6.81. The standard InChI is InChI=1S/C10H13F2NOS/c1-7(14)6-13-8-4-2-3-5-9(8)15-10(11)12/h2-5,7,10,13-14H,6H2,1H3/t7-/m0/s1. The number of halogens is 2. The van der Waals surface area contributed by atoms with Crippen molar-refractivity contribution in [3.05, 3.63) is 24.3 Å². The van der Waals surface area contributed by atoms with E-state index in [2.05, 4.69) is 5.32 Å². The zero-order valence-electron chi connectivity index (χ0n) is 8.28. The Labute approximate surface area is 91.7 Å². The molecule has 2 nitrogen and oxygen atoms in total. The van der Waals surface area contributed by atoms with Crippen LogP contribution in [0, 0.1) is 0 Å². The molecular weight excluding hydrogens is 220 g/mol. The van der Waals surface area contributed by atoms with Gasteiger partial charge in [-0.2, -0.15) is 8.78 Å². The summed E-state index contributed by atoms with van der Waals surface area (Å²) in [5.41, 5.74) is 0.628. The minimum absolute atomic E-state index is 0.348. The SMILES string of the molecule is C[C@H](O)CNc1ccccc1SC(F)F. The predicted molar refractivity (Wildman–Crippen MR) is 58.5 cm³/mol. The van der Waals surface area contributed by atoms with Crippen LogP contribution in [0.25, 0.3) is 0 Å². The summed E-state index contributed by atoms with van der Waals surface area (Å²) >= 11 is 0.499. The zero-order valence-corrected chi connectivity index (χ0v) is 9.10. The van der Waals surface area contributed by atoms with Crippen molar-refractivity contribution in [2.75, 3.05) is 11.9 Å². The third-order valence-corrected chi connectivity index (χ3v) is 2.48. The van der Waals surface area contributed by atoms with Crippen LogP contribution in [0.1, 0.15) is 6.92 Å². The van der Waals surface area contributed by atoms with Crippen LogP contribution in [0.5, 0.6) is 0 Å². The molecule has 84 valence electrons. The largest absolute Gasteiger partial charge is 0.392 e. The first-order valence-electron chi connectivity index (χ1n) is 4.55. The van der Waals surface area contributed by atoms with E-state index in [1.807, 2.05) is 0 Å². The minimum atomic E-state index is -2.43. The molecule has 0 aromatic heterocycles. The van der Waals surface area contributed by atoms with Crippen LogP contribution in [-0.2, 0) is 0 Å². The Hall–Kier alpha value is -0.810. The van der Waals surface area contributed by atoms with Crippen LogP contribution in [0.4, 0.5) is 14.5 Å². The molecule has 2 N–H and O–H groups in total. The summed E-state index contributed by atoms with van der Waals surface area (Å²) < 4.78 is 24.4. The maximum absolute atomic E-state index is 12.2. The van der Waals surface area contributed by atoms with E-state index in [0.717, 1.165) is 0 Å².